The van der Waals surface area contributed by atoms with E-state index in [0.717, 1.165) is 29.9 Å². The first-order chi connectivity index (χ1) is 9.19. The first-order valence-corrected chi connectivity index (χ1v) is 6.60. The van der Waals surface area contributed by atoms with Gasteiger partial charge in [-0.05, 0) is 49.7 Å². The van der Waals surface area contributed by atoms with E-state index in [1.807, 2.05) is 31.2 Å². The molecule has 0 radical (unpaired) electrons. The van der Waals surface area contributed by atoms with Gasteiger partial charge in [0.25, 0.3) is 0 Å². The zero-order valence-electron chi connectivity index (χ0n) is 11.4. The number of aryl methyl sites for hydroxylation is 1. The van der Waals surface area contributed by atoms with Crippen molar-refractivity contribution in [3.63, 3.8) is 0 Å². The van der Waals surface area contributed by atoms with Crippen LogP contribution < -0.4 is 5.32 Å². The Kier molecular flexibility index (Phi) is 4.63. The van der Waals surface area contributed by atoms with Gasteiger partial charge in [0.05, 0.1) is 11.7 Å². The van der Waals surface area contributed by atoms with Crippen LogP contribution in [0.4, 0.5) is 4.39 Å². The van der Waals surface area contributed by atoms with Crippen LogP contribution in [0.1, 0.15) is 29.9 Å². The van der Waals surface area contributed by atoms with Crippen molar-refractivity contribution in [3.8, 4) is 0 Å². The molecule has 0 saturated heterocycles. The van der Waals surface area contributed by atoms with E-state index in [4.69, 9.17) is 0 Å². The fourth-order valence-electron chi connectivity index (χ4n) is 2.19. The van der Waals surface area contributed by atoms with Gasteiger partial charge in [-0.3, -0.25) is 4.98 Å². The third-order valence-corrected chi connectivity index (χ3v) is 3.05. The third kappa shape index (κ3) is 3.86. The minimum Gasteiger partial charge on any atom is -0.309 e. The molecule has 0 fully saturated rings. The number of pyridine rings is 1. The Bertz CT molecular complexity index is 540. The number of hydrogen-bond donors (Lipinski definition) is 1. The Morgan fingerprint density at radius 1 is 1.21 bits per heavy atom. The molecule has 1 N–H and O–H groups in total. The van der Waals surface area contributed by atoms with Crippen LogP contribution in [-0.2, 0) is 6.42 Å². The molecule has 1 heterocycles. The summed E-state index contributed by atoms with van der Waals surface area (Å²) in [6.07, 6.45) is 0.738. The average Bonchev–Trinajstić information content (AvgIpc) is 2.38. The number of nitrogens with one attached hydrogen (secondary N) is 1. The summed E-state index contributed by atoms with van der Waals surface area (Å²) in [6, 6.07) is 12.9. The van der Waals surface area contributed by atoms with E-state index < -0.39 is 0 Å². The Hall–Kier alpha value is -1.74. The van der Waals surface area contributed by atoms with Gasteiger partial charge in [-0.2, -0.15) is 0 Å². The highest BCUT2D eigenvalue weighted by Gasteiger charge is 2.13. The molecule has 2 rings (SSSR count). The predicted molar refractivity (Wildman–Crippen MR) is 75.5 cm³/mol. The van der Waals surface area contributed by atoms with Crippen molar-refractivity contribution in [3.05, 3.63) is 65.2 Å². The fraction of sp³-hybridized carbons (Fsp3) is 0.312. The maximum atomic E-state index is 13.2. The number of likely N-dealkylation sites (N-methyl/N-ethyl adjacent to an activating group) is 1. The Labute approximate surface area is 113 Å². The van der Waals surface area contributed by atoms with Gasteiger partial charge < -0.3 is 5.32 Å². The monoisotopic (exact) mass is 258 g/mol. The lowest BCUT2D eigenvalue weighted by Crippen LogP contribution is -2.24. The molecule has 100 valence electrons. The predicted octanol–water partition coefficient (Wildman–Crippen LogP) is 3.42. The molecule has 19 heavy (non-hydrogen) atoms. The number of hydrogen-bond acceptors (Lipinski definition) is 2. The molecule has 1 unspecified atom stereocenters. The van der Waals surface area contributed by atoms with E-state index in [1.165, 1.54) is 6.07 Å². The van der Waals surface area contributed by atoms with Crippen molar-refractivity contribution < 1.29 is 4.39 Å². The first-order valence-electron chi connectivity index (χ1n) is 6.60. The normalized spacial score (nSPS) is 12.4. The molecule has 1 atom stereocenters. The average molecular weight is 258 g/mol. The van der Waals surface area contributed by atoms with Gasteiger partial charge in [-0.15, -0.1) is 0 Å². The number of benzene rings is 1. The maximum Gasteiger partial charge on any atom is 0.123 e. The third-order valence-electron chi connectivity index (χ3n) is 3.05. The second-order valence-electron chi connectivity index (χ2n) is 4.65. The summed E-state index contributed by atoms with van der Waals surface area (Å²) in [5.74, 6) is -0.190. The lowest BCUT2D eigenvalue weighted by atomic mass is 10.0. The largest absolute Gasteiger partial charge is 0.309 e. The van der Waals surface area contributed by atoms with Gasteiger partial charge in [0.1, 0.15) is 5.82 Å². The summed E-state index contributed by atoms with van der Waals surface area (Å²) < 4.78 is 13.2. The lowest BCUT2D eigenvalue weighted by Gasteiger charge is -2.18. The smallest absolute Gasteiger partial charge is 0.123 e. The van der Waals surface area contributed by atoms with Crippen LogP contribution in [0.15, 0.2) is 42.5 Å². The van der Waals surface area contributed by atoms with Gasteiger partial charge in [-0.25, -0.2) is 4.39 Å². The van der Waals surface area contributed by atoms with Crippen LogP contribution in [0.2, 0.25) is 0 Å². The fourth-order valence-corrected chi connectivity index (χ4v) is 2.19. The molecule has 0 bridgehead atoms. The molecule has 1 aromatic carbocycles. The van der Waals surface area contributed by atoms with Crippen molar-refractivity contribution in [2.24, 2.45) is 0 Å². The van der Waals surface area contributed by atoms with Crippen LogP contribution in [0, 0.1) is 12.7 Å². The zero-order valence-corrected chi connectivity index (χ0v) is 11.4. The van der Waals surface area contributed by atoms with Crippen molar-refractivity contribution in [1.29, 1.82) is 0 Å². The number of nitrogens with zero attached hydrogens (tertiary/aromatic N) is 1. The van der Waals surface area contributed by atoms with E-state index >= 15 is 0 Å². The van der Waals surface area contributed by atoms with Crippen molar-refractivity contribution >= 4 is 0 Å². The molecule has 0 aliphatic rings. The van der Waals surface area contributed by atoms with E-state index in [0.29, 0.717) is 0 Å². The summed E-state index contributed by atoms with van der Waals surface area (Å²) in [4.78, 5) is 4.55. The van der Waals surface area contributed by atoms with Gasteiger partial charge in [0.15, 0.2) is 0 Å². The van der Waals surface area contributed by atoms with Crippen LogP contribution >= 0.6 is 0 Å². The second kappa shape index (κ2) is 6.43. The van der Waals surface area contributed by atoms with Crippen LogP contribution in [0.5, 0.6) is 0 Å². The Morgan fingerprint density at radius 3 is 2.68 bits per heavy atom. The molecule has 0 saturated carbocycles. The molecule has 3 heteroatoms. The molecule has 0 aliphatic carbocycles. The van der Waals surface area contributed by atoms with E-state index in [2.05, 4.69) is 17.2 Å². The number of rotatable bonds is 5. The van der Waals surface area contributed by atoms with Gasteiger partial charge >= 0.3 is 0 Å². The lowest BCUT2D eigenvalue weighted by molar-refractivity contribution is 0.533. The summed E-state index contributed by atoms with van der Waals surface area (Å²) in [5, 5.41) is 3.41. The molecule has 1 aromatic heterocycles. The van der Waals surface area contributed by atoms with E-state index in [1.54, 1.807) is 12.1 Å². The quantitative estimate of drug-likeness (QED) is 0.888. The molecule has 0 amide bonds. The molecular formula is C16H19FN2. The van der Waals surface area contributed by atoms with E-state index in [-0.39, 0.29) is 11.9 Å². The van der Waals surface area contributed by atoms with Crippen molar-refractivity contribution in [2.45, 2.75) is 26.3 Å². The van der Waals surface area contributed by atoms with Gasteiger partial charge in [0, 0.05) is 5.69 Å². The first kappa shape index (κ1) is 13.7. The summed E-state index contributed by atoms with van der Waals surface area (Å²) in [5.41, 5.74) is 2.99. The number of aromatic nitrogens is 1. The van der Waals surface area contributed by atoms with Crippen LogP contribution in [-0.4, -0.2) is 11.5 Å². The van der Waals surface area contributed by atoms with Crippen molar-refractivity contribution in [1.82, 2.24) is 10.3 Å². The van der Waals surface area contributed by atoms with Crippen molar-refractivity contribution in [2.75, 3.05) is 6.54 Å². The van der Waals surface area contributed by atoms with E-state index in [9.17, 15) is 4.39 Å². The van der Waals surface area contributed by atoms with Crippen LogP contribution in [0.3, 0.4) is 0 Å². The topological polar surface area (TPSA) is 24.9 Å². The highest BCUT2D eigenvalue weighted by Crippen LogP contribution is 2.17. The molecule has 2 nitrogen and oxygen atoms in total. The molecule has 0 aliphatic heterocycles. The highest BCUT2D eigenvalue weighted by molar-refractivity contribution is 5.21. The van der Waals surface area contributed by atoms with Gasteiger partial charge in [0.2, 0.25) is 0 Å². The Balaban J connectivity index is 2.21. The summed E-state index contributed by atoms with van der Waals surface area (Å²) >= 11 is 0. The SMILES string of the molecule is CCNC(Cc1cccc(F)c1)c1cccc(C)n1. The standard InChI is InChI=1S/C16H19FN2/c1-3-18-16(15-9-4-6-12(2)19-15)11-13-7-5-8-14(17)10-13/h4-10,16,18H,3,11H2,1-2H3. The Morgan fingerprint density at radius 2 is 2.00 bits per heavy atom. The molecule has 2 aromatic rings. The minimum absolute atomic E-state index is 0.117. The van der Waals surface area contributed by atoms with Crippen LogP contribution in [0.25, 0.3) is 0 Å². The number of halogens is 1. The minimum atomic E-state index is -0.190. The molecular weight excluding hydrogens is 239 g/mol. The summed E-state index contributed by atoms with van der Waals surface area (Å²) in [7, 11) is 0. The molecule has 0 spiro atoms. The summed E-state index contributed by atoms with van der Waals surface area (Å²) in [6.45, 7) is 4.90. The second-order valence-corrected chi connectivity index (χ2v) is 4.65. The zero-order chi connectivity index (χ0) is 13.7. The van der Waals surface area contributed by atoms with Gasteiger partial charge in [-0.1, -0.05) is 25.1 Å². The maximum absolute atomic E-state index is 13.2. The highest BCUT2D eigenvalue weighted by atomic mass is 19.1.